The summed E-state index contributed by atoms with van der Waals surface area (Å²) in [5, 5.41) is 0.346. The lowest BCUT2D eigenvalue weighted by Gasteiger charge is -2.07. The smallest absolute Gasteiger partial charge is 0.149 e. The molecule has 0 radical (unpaired) electrons. The lowest BCUT2D eigenvalue weighted by atomic mass is 10.2. The van der Waals surface area contributed by atoms with Crippen LogP contribution in [0.15, 0.2) is 40.9 Å². The number of hydrogen-bond acceptors (Lipinski definition) is 1. The molecule has 0 unspecified atom stereocenters. The normalized spacial score (nSPS) is 11.2. The standard InChI is InChI=1S/C14H9BrClFN2/c1-19-11-5-3-2-4-10(11)18-14(19)12-9(16)7-6-8(15)13(12)17/h2-7H,1H3. The molecule has 0 saturated carbocycles. The lowest BCUT2D eigenvalue weighted by Crippen LogP contribution is -1.96. The van der Waals surface area contributed by atoms with Gasteiger partial charge in [0.15, 0.2) is 0 Å². The van der Waals surface area contributed by atoms with Crippen LogP contribution in [0.3, 0.4) is 0 Å². The number of fused-ring (bicyclic) bond motifs is 1. The Labute approximate surface area is 123 Å². The van der Waals surface area contributed by atoms with Crippen molar-refractivity contribution >= 4 is 38.6 Å². The van der Waals surface area contributed by atoms with E-state index in [0.29, 0.717) is 20.9 Å². The second-order valence-electron chi connectivity index (χ2n) is 4.20. The van der Waals surface area contributed by atoms with Crippen molar-refractivity contribution in [3.05, 3.63) is 51.7 Å². The van der Waals surface area contributed by atoms with Gasteiger partial charge in [0, 0.05) is 7.05 Å². The molecule has 0 aliphatic heterocycles. The van der Waals surface area contributed by atoms with Gasteiger partial charge in [-0.1, -0.05) is 23.7 Å². The van der Waals surface area contributed by atoms with E-state index in [2.05, 4.69) is 20.9 Å². The van der Waals surface area contributed by atoms with Crippen molar-refractivity contribution < 1.29 is 4.39 Å². The molecule has 96 valence electrons. The summed E-state index contributed by atoms with van der Waals surface area (Å²) >= 11 is 9.30. The summed E-state index contributed by atoms with van der Waals surface area (Å²) in [5.74, 6) is 0.121. The fourth-order valence-electron chi connectivity index (χ4n) is 2.10. The molecule has 0 fully saturated rings. The Morgan fingerprint density at radius 1 is 1.21 bits per heavy atom. The van der Waals surface area contributed by atoms with Crippen LogP contribution in [0.2, 0.25) is 5.02 Å². The number of benzene rings is 2. The topological polar surface area (TPSA) is 17.8 Å². The highest BCUT2D eigenvalue weighted by atomic mass is 79.9. The van der Waals surface area contributed by atoms with Gasteiger partial charge < -0.3 is 4.57 Å². The highest BCUT2D eigenvalue weighted by molar-refractivity contribution is 9.10. The van der Waals surface area contributed by atoms with Gasteiger partial charge in [-0.2, -0.15) is 0 Å². The minimum absolute atomic E-state index is 0.315. The summed E-state index contributed by atoms with van der Waals surface area (Å²) in [6.45, 7) is 0. The zero-order valence-corrected chi connectivity index (χ0v) is 12.3. The van der Waals surface area contributed by atoms with Crippen molar-refractivity contribution in [2.45, 2.75) is 0 Å². The van der Waals surface area contributed by atoms with Gasteiger partial charge in [-0.3, -0.25) is 0 Å². The summed E-state index contributed by atoms with van der Waals surface area (Å²) < 4.78 is 16.5. The third kappa shape index (κ3) is 1.95. The highest BCUT2D eigenvalue weighted by Crippen LogP contribution is 2.35. The van der Waals surface area contributed by atoms with Gasteiger partial charge in [0.1, 0.15) is 11.6 Å². The molecule has 0 atom stereocenters. The average molecular weight is 340 g/mol. The summed E-state index contributed by atoms with van der Waals surface area (Å²) in [7, 11) is 1.85. The van der Waals surface area contributed by atoms with Crippen LogP contribution >= 0.6 is 27.5 Å². The maximum absolute atomic E-state index is 14.3. The van der Waals surface area contributed by atoms with Crippen LogP contribution in [0.1, 0.15) is 0 Å². The quantitative estimate of drug-likeness (QED) is 0.583. The van der Waals surface area contributed by atoms with Crippen LogP contribution < -0.4 is 0 Å². The largest absolute Gasteiger partial charge is 0.327 e. The molecule has 2 aromatic carbocycles. The van der Waals surface area contributed by atoms with Crippen molar-refractivity contribution in [1.82, 2.24) is 9.55 Å². The number of aryl methyl sites for hydroxylation is 1. The van der Waals surface area contributed by atoms with Crippen LogP contribution in [0.5, 0.6) is 0 Å². The fourth-order valence-corrected chi connectivity index (χ4v) is 2.66. The predicted octanol–water partition coefficient (Wildman–Crippen LogP) is 4.80. The molecule has 3 rings (SSSR count). The summed E-state index contributed by atoms with van der Waals surface area (Å²) in [5.41, 5.74) is 2.07. The Hall–Kier alpha value is -1.39. The summed E-state index contributed by atoms with van der Waals surface area (Å²) in [6, 6.07) is 10.9. The van der Waals surface area contributed by atoms with Crippen LogP contribution in [-0.4, -0.2) is 9.55 Å². The van der Waals surface area contributed by atoms with Crippen LogP contribution in [0.25, 0.3) is 22.4 Å². The number of halogens is 3. The van der Waals surface area contributed by atoms with Crippen molar-refractivity contribution in [1.29, 1.82) is 0 Å². The molecular weight excluding hydrogens is 331 g/mol. The highest BCUT2D eigenvalue weighted by Gasteiger charge is 2.18. The van der Waals surface area contributed by atoms with Gasteiger partial charge in [-0.25, -0.2) is 9.37 Å². The maximum Gasteiger partial charge on any atom is 0.149 e. The SMILES string of the molecule is Cn1c(-c2c(Cl)ccc(Br)c2F)nc2ccccc21. The molecule has 1 heterocycles. The summed E-state index contributed by atoms with van der Waals surface area (Å²) in [4.78, 5) is 4.46. The Balaban J connectivity index is 2.37. The van der Waals surface area contributed by atoms with E-state index >= 15 is 0 Å². The number of imidazole rings is 1. The first-order valence-corrected chi connectivity index (χ1v) is 6.82. The zero-order chi connectivity index (χ0) is 13.6. The second kappa shape index (κ2) is 4.62. The van der Waals surface area contributed by atoms with Crippen LogP contribution in [0, 0.1) is 5.82 Å². The Kier molecular flexibility index (Phi) is 3.07. The number of rotatable bonds is 1. The van der Waals surface area contributed by atoms with E-state index in [1.54, 1.807) is 12.1 Å². The van der Waals surface area contributed by atoms with E-state index in [9.17, 15) is 4.39 Å². The molecule has 5 heteroatoms. The maximum atomic E-state index is 14.3. The van der Waals surface area contributed by atoms with Gasteiger partial charge in [0.2, 0.25) is 0 Å². The van der Waals surface area contributed by atoms with Crippen molar-refractivity contribution in [3.8, 4) is 11.4 Å². The molecular formula is C14H9BrClFN2. The summed E-state index contributed by atoms with van der Waals surface area (Å²) in [6.07, 6.45) is 0. The average Bonchev–Trinajstić information content (AvgIpc) is 2.73. The van der Waals surface area contributed by atoms with Gasteiger partial charge in [-0.05, 0) is 40.2 Å². The monoisotopic (exact) mass is 338 g/mol. The van der Waals surface area contributed by atoms with E-state index in [0.717, 1.165) is 11.0 Å². The van der Waals surface area contributed by atoms with Gasteiger partial charge in [-0.15, -0.1) is 0 Å². The molecule has 19 heavy (non-hydrogen) atoms. The number of hydrogen-bond donors (Lipinski definition) is 0. The van der Waals surface area contributed by atoms with E-state index in [-0.39, 0.29) is 0 Å². The molecule has 0 amide bonds. The van der Waals surface area contributed by atoms with Gasteiger partial charge in [0.25, 0.3) is 0 Å². The fraction of sp³-hybridized carbons (Fsp3) is 0.0714. The third-order valence-electron chi connectivity index (χ3n) is 3.05. The van der Waals surface area contributed by atoms with E-state index in [4.69, 9.17) is 11.6 Å². The molecule has 0 saturated heterocycles. The third-order valence-corrected chi connectivity index (χ3v) is 3.98. The van der Waals surface area contributed by atoms with Crippen LogP contribution in [-0.2, 0) is 7.05 Å². The lowest BCUT2D eigenvalue weighted by molar-refractivity contribution is 0.622. The molecule has 0 aliphatic rings. The Morgan fingerprint density at radius 3 is 2.68 bits per heavy atom. The molecule has 2 nitrogen and oxygen atoms in total. The second-order valence-corrected chi connectivity index (χ2v) is 5.46. The Morgan fingerprint density at radius 2 is 1.95 bits per heavy atom. The first-order valence-electron chi connectivity index (χ1n) is 5.65. The molecule has 3 aromatic rings. The van der Waals surface area contributed by atoms with Crippen molar-refractivity contribution in [2.75, 3.05) is 0 Å². The number of aromatic nitrogens is 2. The zero-order valence-electron chi connectivity index (χ0n) is 9.99. The molecule has 1 aromatic heterocycles. The van der Waals surface area contributed by atoms with Crippen molar-refractivity contribution in [2.24, 2.45) is 7.05 Å². The van der Waals surface area contributed by atoms with E-state index < -0.39 is 5.82 Å². The van der Waals surface area contributed by atoms with E-state index in [1.807, 2.05) is 35.9 Å². The van der Waals surface area contributed by atoms with Crippen LogP contribution in [0.4, 0.5) is 4.39 Å². The number of para-hydroxylation sites is 2. The molecule has 0 N–H and O–H groups in total. The molecule has 0 aliphatic carbocycles. The first kappa shape index (κ1) is 12.6. The first-order chi connectivity index (χ1) is 9.09. The Bertz CT molecular complexity index is 782. The number of nitrogens with zero attached hydrogens (tertiary/aromatic N) is 2. The van der Waals surface area contributed by atoms with Crippen molar-refractivity contribution in [3.63, 3.8) is 0 Å². The van der Waals surface area contributed by atoms with E-state index in [1.165, 1.54) is 0 Å². The molecule has 0 spiro atoms. The predicted molar refractivity (Wildman–Crippen MR) is 78.8 cm³/mol. The molecule has 0 bridgehead atoms. The minimum Gasteiger partial charge on any atom is -0.327 e. The van der Waals surface area contributed by atoms with Gasteiger partial charge >= 0.3 is 0 Å². The van der Waals surface area contributed by atoms with Gasteiger partial charge in [0.05, 0.1) is 26.1 Å². The minimum atomic E-state index is -0.397.